The number of benzene rings is 3. The summed E-state index contributed by atoms with van der Waals surface area (Å²) in [6, 6.07) is 22.0. The second-order valence-corrected chi connectivity index (χ2v) is 7.91. The van der Waals surface area contributed by atoms with E-state index in [1.165, 1.54) is 26.0 Å². The Hall–Kier alpha value is -3.72. The number of carboxylic acids is 1. The predicted octanol–water partition coefficient (Wildman–Crippen LogP) is 2.04. The van der Waals surface area contributed by atoms with E-state index in [-0.39, 0.29) is 65.8 Å². The van der Waals surface area contributed by atoms with Gasteiger partial charge in [0.25, 0.3) is 0 Å². The number of carboxylic acid groups (broad SMARTS) is 1. The summed E-state index contributed by atoms with van der Waals surface area (Å²) in [6.07, 6.45) is 0.126. The summed E-state index contributed by atoms with van der Waals surface area (Å²) in [5, 5.41) is 19.8. The van der Waals surface area contributed by atoms with Crippen LogP contribution in [0.25, 0.3) is 11.0 Å². The van der Waals surface area contributed by atoms with E-state index in [4.69, 9.17) is 9.52 Å². The Morgan fingerprint density at radius 2 is 1.51 bits per heavy atom. The molecule has 1 aromatic heterocycles. The largest absolute Gasteiger partial charge is 1.00 e. The number of ketones is 1. The number of carbonyl (C=O) groups excluding carboxylic acids is 2. The number of aromatic hydroxyl groups is 1. The van der Waals surface area contributed by atoms with E-state index in [1.54, 1.807) is 36.4 Å². The quantitative estimate of drug-likeness (QED) is 0.174. The zero-order valence-corrected chi connectivity index (χ0v) is 22.6. The molecule has 1 atom stereocenters. The number of carbonyl (C=O) groups is 3. The van der Waals surface area contributed by atoms with Gasteiger partial charge in [0.05, 0.1) is 10.9 Å². The number of para-hydroxylation sites is 2. The number of hydrogen-bond donors (Lipinski definition) is 2. The maximum atomic E-state index is 12.4. The van der Waals surface area contributed by atoms with Crippen molar-refractivity contribution in [2.75, 3.05) is 0 Å². The average Bonchev–Trinajstić information content (AvgIpc) is 2.84. The summed E-state index contributed by atoms with van der Waals surface area (Å²) in [5.74, 6) is -2.29. The van der Waals surface area contributed by atoms with Crippen LogP contribution in [0.4, 0.5) is 0 Å². The summed E-state index contributed by atoms with van der Waals surface area (Å²) >= 11 is 0. The standard InChI is InChI=1S/C19H16O4.C9H8O4.Na.H/c1-12(20)11-15(13-7-3-2-4-8-13)17-18(21)14-9-5-6-10-16(14)23-19(17)22;1-6(10)13-8-5-3-2-4-7(8)9(11)12;;/h2-10,15,21H,11H2,1H3;2-5H,1H3,(H,11,12);;/q;;+1;-1. The Morgan fingerprint density at radius 3 is 2.14 bits per heavy atom. The zero-order valence-electron chi connectivity index (χ0n) is 21.6. The van der Waals surface area contributed by atoms with E-state index in [2.05, 4.69) is 4.74 Å². The molecule has 0 bridgehead atoms. The van der Waals surface area contributed by atoms with Gasteiger partial charge in [-0.1, -0.05) is 54.6 Å². The van der Waals surface area contributed by atoms with Crippen molar-refractivity contribution < 1.29 is 64.7 Å². The second kappa shape index (κ2) is 13.5. The van der Waals surface area contributed by atoms with E-state index in [0.717, 1.165) is 5.56 Å². The molecule has 8 nitrogen and oxygen atoms in total. The molecule has 0 aliphatic rings. The van der Waals surface area contributed by atoms with Crippen molar-refractivity contribution in [3.8, 4) is 11.5 Å². The first-order valence-corrected chi connectivity index (χ1v) is 11.0. The van der Waals surface area contributed by atoms with E-state index >= 15 is 0 Å². The molecule has 1 unspecified atom stereocenters. The molecular formula is C28H25NaO8. The summed E-state index contributed by atoms with van der Waals surface area (Å²) in [5.41, 5.74) is 0.619. The smallest absolute Gasteiger partial charge is 1.00 e. The summed E-state index contributed by atoms with van der Waals surface area (Å²) in [7, 11) is 0. The number of hydrogen-bond acceptors (Lipinski definition) is 7. The van der Waals surface area contributed by atoms with Crippen LogP contribution in [0.15, 0.2) is 88.1 Å². The Kier molecular flexibility index (Phi) is 10.8. The van der Waals surface area contributed by atoms with Crippen molar-refractivity contribution in [3.05, 3.63) is 106 Å². The molecule has 0 radical (unpaired) electrons. The van der Waals surface area contributed by atoms with Gasteiger partial charge in [0.1, 0.15) is 28.4 Å². The summed E-state index contributed by atoms with van der Waals surface area (Å²) < 4.78 is 10.0. The third kappa shape index (κ3) is 7.63. The minimum absolute atomic E-state index is 0. The molecule has 0 saturated heterocycles. The van der Waals surface area contributed by atoms with Crippen LogP contribution in [0.1, 0.15) is 49.1 Å². The predicted molar refractivity (Wildman–Crippen MR) is 134 cm³/mol. The first-order chi connectivity index (χ1) is 17.2. The Morgan fingerprint density at radius 1 is 0.919 bits per heavy atom. The number of fused-ring (bicyclic) bond motifs is 1. The molecule has 2 N–H and O–H groups in total. The topological polar surface area (TPSA) is 131 Å². The molecule has 3 aromatic carbocycles. The fourth-order valence-corrected chi connectivity index (χ4v) is 3.70. The molecule has 9 heteroatoms. The Bertz CT molecular complexity index is 1470. The number of aromatic carboxylic acids is 1. The van der Waals surface area contributed by atoms with E-state index in [1.807, 2.05) is 30.3 Å². The molecule has 0 spiro atoms. The maximum absolute atomic E-state index is 12.4. The number of rotatable bonds is 6. The van der Waals surface area contributed by atoms with Crippen LogP contribution in [0, 0.1) is 0 Å². The van der Waals surface area contributed by atoms with E-state index < -0.39 is 23.5 Å². The minimum Gasteiger partial charge on any atom is -1.00 e. The van der Waals surface area contributed by atoms with Gasteiger partial charge in [-0.15, -0.1) is 0 Å². The number of esters is 1. The van der Waals surface area contributed by atoms with Gasteiger partial charge < -0.3 is 20.8 Å². The fraction of sp³-hybridized carbons (Fsp3) is 0.143. The van der Waals surface area contributed by atoms with Gasteiger partial charge in [0.2, 0.25) is 0 Å². The summed E-state index contributed by atoms with van der Waals surface area (Å²) in [4.78, 5) is 45.3. The van der Waals surface area contributed by atoms with Crippen LogP contribution in [0.5, 0.6) is 11.5 Å². The first kappa shape index (κ1) is 29.5. The van der Waals surface area contributed by atoms with Gasteiger partial charge >= 0.3 is 47.1 Å². The van der Waals surface area contributed by atoms with Crippen molar-refractivity contribution in [1.82, 2.24) is 0 Å². The van der Waals surface area contributed by atoms with Crippen LogP contribution in [-0.2, 0) is 9.59 Å². The van der Waals surface area contributed by atoms with Crippen LogP contribution >= 0.6 is 0 Å². The van der Waals surface area contributed by atoms with Gasteiger partial charge in [-0.2, -0.15) is 0 Å². The van der Waals surface area contributed by atoms with Crippen molar-refractivity contribution in [2.24, 2.45) is 0 Å². The molecule has 0 amide bonds. The zero-order chi connectivity index (χ0) is 26.2. The van der Waals surface area contributed by atoms with Crippen molar-refractivity contribution in [1.29, 1.82) is 0 Å². The van der Waals surface area contributed by atoms with Gasteiger partial charge in [-0.25, -0.2) is 9.59 Å². The van der Waals surface area contributed by atoms with Gasteiger partial charge in [-0.05, 0) is 36.8 Å². The summed E-state index contributed by atoms with van der Waals surface area (Å²) in [6.45, 7) is 2.69. The maximum Gasteiger partial charge on any atom is 1.00 e. The average molecular weight is 512 g/mol. The molecular weight excluding hydrogens is 487 g/mol. The molecule has 1 heterocycles. The van der Waals surface area contributed by atoms with Crippen molar-refractivity contribution in [3.63, 3.8) is 0 Å². The van der Waals surface area contributed by atoms with E-state index in [0.29, 0.717) is 11.0 Å². The molecule has 4 aromatic rings. The van der Waals surface area contributed by atoms with Gasteiger partial charge in [-0.3, -0.25) is 9.59 Å². The monoisotopic (exact) mass is 512 g/mol. The molecule has 0 fully saturated rings. The van der Waals surface area contributed by atoms with E-state index in [9.17, 15) is 24.3 Å². The minimum atomic E-state index is -1.11. The third-order valence-corrected chi connectivity index (χ3v) is 5.23. The number of ether oxygens (including phenoxy) is 1. The molecule has 0 aliphatic heterocycles. The molecule has 0 aliphatic carbocycles. The fourth-order valence-electron chi connectivity index (χ4n) is 3.70. The molecule has 0 saturated carbocycles. The normalized spacial score (nSPS) is 10.9. The van der Waals surface area contributed by atoms with Crippen LogP contribution in [0.2, 0.25) is 0 Å². The Balaban J connectivity index is 0.000000415. The van der Waals surface area contributed by atoms with Crippen LogP contribution in [-0.4, -0.2) is 27.9 Å². The van der Waals surface area contributed by atoms with Crippen molar-refractivity contribution >= 4 is 28.7 Å². The molecule has 4 rings (SSSR count). The second-order valence-electron chi connectivity index (χ2n) is 7.91. The van der Waals surface area contributed by atoms with Gasteiger partial charge in [0, 0.05) is 19.3 Å². The van der Waals surface area contributed by atoms with Gasteiger partial charge in [0.15, 0.2) is 0 Å². The van der Waals surface area contributed by atoms with Crippen molar-refractivity contribution in [2.45, 2.75) is 26.2 Å². The molecule has 37 heavy (non-hydrogen) atoms. The number of Topliss-reactive ketones (excluding diaryl/α,β-unsaturated/α-hetero) is 1. The van der Waals surface area contributed by atoms with Crippen LogP contribution in [0.3, 0.4) is 0 Å². The third-order valence-electron chi connectivity index (χ3n) is 5.23. The Labute approximate surface area is 236 Å². The first-order valence-electron chi connectivity index (χ1n) is 11.0. The van der Waals surface area contributed by atoms with Crippen LogP contribution < -0.4 is 39.9 Å². The molecule has 186 valence electrons. The SMILES string of the molecule is CC(=O)CC(c1ccccc1)c1c(O)c2ccccc2oc1=O.CC(=O)Oc1ccccc1C(=O)O.[H-].[Na+].